The van der Waals surface area contributed by atoms with Crippen molar-refractivity contribution < 1.29 is 4.74 Å². The molecule has 0 spiro atoms. The Balaban J connectivity index is 1.82. The first-order valence-corrected chi connectivity index (χ1v) is 8.52. The Hall–Kier alpha value is -2.12. The van der Waals surface area contributed by atoms with Crippen molar-refractivity contribution in [2.24, 2.45) is 0 Å². The molecule has 1 aliphatic rings. The third-order valence-corrected chi connectivity index (χ3v) is 5.19. The highest BCUT2D eigenvalue weighted by Crippen LogP contribution is 2.39. The molecule has 0 unspecified atom stereocenters. The Morgan fingerprint density at radius 2 is 2.09 bits per heavy atom. The lowest BCUT2D eigenvalue weighted by Gasteiger charge is -2.37. The summed E-state index contributed by atoms with van der Waals surface area (Å²) in [5.74, 6) is 0.549. The number of nitrogens with one attached hydrogen (secondary N) is 1. The van der Waals surface area contributed by atoms with Crippen molar-refractivity contribution in [3.05, 3.63) is 24.4 Å². The summed E-state index contributed by atoms with van der Waals surface area (Å²) in [6.07, 6.45) is 2.17. The molecular formula is C16H19N5OS. The van der Waals surface area contributed by atoms with E-state index in [1.165, 1.54) is 0 Å². The van der Waals surface area contributed by atoms with Crippen LogP contribution in [0.4, 0.5) is 11.5 Å². The highest BCUT2D eigenvalue weighted by Gasteiger charge is 2.25. The number of nitrogens with zero attached hydrogens (tertiary/aromatic N) is 3. The number of aromatic nitrogens is 3. The van der Waals surface area contributed by atoms with Gasteiger partial charge in [-0.2, -0.15) is 5.10 Å². The quantitative estimate of drug-likeness (QED) is 0.755. The molecule has 3 aromatic rings. The summed E-state index contributed by atoms with van der Waals surface area (Å²) in [5, 5.41) is 7.04. The van der Waals surface area contributed by atoms with Gasteiger partial charge in [-0.15, -0.1) is 11.3 Å². The number of hydrogen-bond acceptors (Lipinski definition) is 6. The number of rotatable bonds is 2. The van der Waals surface area contributed by atoms with Crippen LogP contribution in [0, 0.1) is 0 Å². The molecule has 2 atom stereocenters. The fourth-order valence-corrected chi connectivity index (χ4v) is 4.28. The highest BCUT2D eigenvalue weighted by atomic mass is 32.1. The molecular weight excluding hydrogens is 310 g/mol. The van der Waals surface area contributed by atoms with E-state index >= 15 is 0 Å². The van der Waals surface area contributed by atoms with Gasteiger partial charge in [-0.05, 0) is 26.0 Å². The first-order valence-electron chi connectivity index (χ1n) is 7.70. The van der Waals surface area contributed by atoms with Gasteiger partial charge in [0.05, 0.1) is 38.7 Å². The molecule has 0 aliphatic carbocycles. The van der Waals surface area contributed by atoms with Crippen LogP contribution in [0.15, 0.2) is 24.4 Å². The average Bonchev–Trinajstić information content (AvgIpc) is 3.13. The molecule has 1 aliphatic heterocycles. The minimum atomic E-state index is 0.204. The molecule has 23 heavy (non-hydrogen) atoms. The fraction of sp³-hybridized carbons (Fsp3) is 0.375. The van der Waals surface area contributed by atoms with E-state index in [1.54, 1.807) is 17.5 Å². The zero-order valence-electron chi connectivity index (χ0n) is 13.1. The topological polar surface area (TPSA) is 80.1 Å². The maximum absolute atomic E-state index is 6.04. The number of ether oxygens (including phenoxy) is 1. The summed E-state index contributed by atoms with van der Waals surface area (Å²) in [4.78, 5) is 7.97. The molecule has 3 aromatic heterocycles. The maximum atomic E-state index is 6.04. The van der Waals surface area contributed by atoms with Gasteiger partial charge in [-0.25, -0.2) is 4.98 Å². The molecule has 6 nitrogen and oxygen atoms in total. The van der Waals surface area contributed by atoms with E-state index in [2.05, 4.69) is 40.0 Å². The Morgan fingerprint density at radius 3 is 2.78 bits per heavy atom. The molecule has 7 heteroatoms. The maximum Gasteiger partial charge on any atom is 0.126 e. The Kier molecular flexibility index (Phi) is 3.46. The van der Waals surface area contributed by atoms with Gasteiger partial charge in [0.15, 0.2) is 0 Å². The molecule has 120 valence electrons. The summed E-state index contributed by atoms with van der Waals surface area (Å²) in [7, 11) is 0. The second kappa shape index (κ2) is 5.50. The van der Waals surface area contributed by atoms with Crippen LogP contribution in [-0.4, -0.2) is 40.5 Å². The van der Waals surface area contributed by atoms with Crippen LogP contribution in [0.25, 0.3) is 20.8 Å². The van der Waals surface area contributed by atoms with Gasteiger partial charge in [-0.3, -0.25) is 5.10 Å². The van der Waals surface area contributed by atoms with Crippen molar-refractivity contribution in [3.63, 3.8) is 0 Å². The third-order valence-electron chi connectivity index (χ3n) is 4.01. The highest BCUT2D eigenvalue weighted by molar-refractivity contribution is 7.22. The van der Waals surface area contributed by atoms with Crippen molar-refractivity contribution in [3.8, 4) is 10.6 Å². The number of nitrogens with two attached hydrogens (primary N) is 1. The first-order chi connectivity index (χ1) is 11.1. The van der Waals surface area contributed by atoms with Crippen molar-refractivity contribution >= 4 is 33.1 Å². The minimum Gasteiger partial charge on any atom is -0.384 e. The number of thiophene rings is 1. The lowest BCUT2D eigenvalue weighted by molar-refractivity contribution is -0.00512. The summed E-state index contributed by atoms with van der Waals surface area (Å²) >= 11 is 1.71. The summed E-state index contributed by atoms with van der Waals surface area (Å²) in [5.41, 5.74) is 9.12. The second-order valence-corrected chi connectivity index (χ2v) is 7.08. The Labute approximate surface area is 138 Å². The lowest BCUT2D eigenvalue weighted by atomic mass is 10.2. The molecule has 0 bridgehead atoms. The van der Waals surface area contributed by atoms with Crippen molar-refractivity contribution in [2.45, 2.75) is 26.1 Å². The van der Waals surface area contributed by atoms with Crippen LogP contribution in [0.5, 0.6) is 0 Å². The summed E-state index contributed by atoms with van der Waals surface area (Å²) in [6, 6.07) is 6.01. The van der Waals surface area contributed by atoms with Gasteiger partial charge in [0.25, 0.3) is 0 Å². The number of morpholine rings is 1. The number of aromatic amines is 1. The average molecular weight is 329 g/mol. The molecule has 1 saturated heterocycles. The number of nitrogen functional groups attached to an aromatic ring is 1. The summed E-state index contributed by atoms with van der Waals surface area (Å²) < 4.78 is 7.00. The lowest BCUT2D eigenvalue weighted by Crippen LogP contribution is -2.45. The SMILES string of the molecule is C[C@@H]1CN(c2cc(N)nc3cc(-c4ccn[nH]4)sc23)C[C@@H](C)O1. The van der Waals surface area contributed by atoms with Gasteiger partial charge >= 0.3 is 0 Å². The standard InChI is InChI=1S/C16H19N5OS/c1-9-7-21(8-10(2)22-9)13-6-15(17)19-12-5-14(23-16(12)13)11-3-4-18-20-11/h3-6,9-10H,7-8H2,1-2H3,(H2,17,19)(H,18,20)/t9-,10-/m1/s1. The van der Waals surface area contributed by atoms with Crippen LogP contribution >= 0.6 is 11.3 Å². The minimum absolute atomic E-state index is 0.204. The molecule has 3 N–H and O–H groups in total. The number of anilines is 2. The van der Waals surface area contributed by atoms with Crippen molar-refractivity contribution in [2.75, 3.05) is 23.7 Å². The van der Waals surface area contributed by atoms with Crippen LogP contribution < -0.4 is 10.6 Å². The molecule has 0 saturated carbocycles. The number of fused-ring (bicyclic) bond motifs is 1. The monoisotopic (exact) mass is 329 g/mol. The molecule has 4 rings (SSSR count). The summed E-state index contributed by atoms with van der Waals surface area (Å²) in [6.45, 7) is 5.93. The predicted molar refractivity (Wildman–Crippen MR) is 93.8 cm³/mol. The Morgan fingerprint density at radius 1 is 1.30 bits per heavy atom. The number of H-pyrrole nitrogens is 1. The Bertz CT molecular complexity index is 818. The van der Waals surface area contributed by atoms with Gasteiger partial charge in [-0.1, -0.05) is 0 Å². The van der Waals surface area contributed by atoms with Gasteiger partial charge < -0.3 is 15.4 Å². The normalized spacial score (nSPS) is 21.9. The fourth-order valence-electron chi connectivity index (χ4n) is 3.16. The van der Waals surface area contributed by atoms with Crippen LogP contribution in [0.2, 0.25) is 0 Å². The van der Waals surface area contributed by atoms with E-state index in [-0.39, 0.29) is 12.2 Å². The molecule has 0 radical (unpaired) electrons. The first kappa shape index (κ1) is 14.5. The largest absolute Gasteiger partial charge is 0.384 e. The predicted octanol–water partition coefficient (Wildman–Crippen LogP) is 2.88. The second-order valence-electron chi connectivity index (χ2n) is 6.02. The molecule has 4 heterocycles. The van der Waals surface area contributed by atoms with Crippen molar-refractivity contribution in [1.29, 1.82) is 0 Å². The smallest absolute Gasteiger partial charge is 0.126 e. The van der Waals surface area contributed by atoms with Gasteiger partial charge in [0, 0.05) is 25.4 Å². The van der Waals surface area contributed by atoms with E-state index in [0.717, 1.165) is 39.6 Å². The number of pyridine rings is 1. The van der Waals surface area contributed by atoms with Crippen LogP contribution in [-0.2, 0) is 4.74 Å². The number of hydrogen-bond donors (Lipinski definition) is 2. The zero-order valence-corrected chi connectivity index (χ0v) is 13.9. The van der Waals surface area contributed by atoms with E-state index in [4.69, 9.17) is 10.5 Å². The van der Waals surface area contributed by atoms with E-state index in [9.17, 15) is 0 Å². The van der Waals surface area contributed by atoms with E-state index < -0.39 is 0 Å². The van der Waals surface area contributed by atoms with E-state index in [1.807, 2.05) is 12.1 Å². The van der Waals surface area contributed by atoms with Gasteiger partial charge in [0.1, 0.15) is 5.82 Å². The molecule has 1 fully saturated rings. The third kappa shape index (κ3) is 2.66. The molecule has 0 amide bonds. The van der Waals surface area contributed by atoms with E-state index in [0.29, 0.717) is 5.82 Å². The van der Waals surface area contributed by atoms with Crippen molar-refractivity contribution in [1.82, 2.24) is 15.2 Å². The molecule has 0 aromatic carbocycles. The van der Waals surface area contributed by atoms with Gasteiger partial charge in [0.2, 0.25) is 0 Å². The van der Waals surface area contributed by atoms with Crippen LogP contribution in [0.1, 0.15) is 13.8 Å². The van der Waals surface area contributed by atoms with Crippen LogP contribution in [0.3, 0.4) is 0 Å². The zero-order chi connectivity index (χ0) is 16.0.